The van der Waals surface area contributed by atoms with Gasteiger partial charge in [-0.3, -0.25) is 4.79 Å². The fourth-order valence-electron chi connectivity index (χ4n) is 8.27. The molecule has 7 rings (SSSR count). The van der Waals surface area contributed by atoms with Crippen LogP contribution in [0.15, 0.2) is 45.3 Å². The monoisotopic (exact) mass is 1070 g/mol. The predicted octanol–water partition coefficient (Wildman–Crippen LogP) is 5.96. The highest BCUT2D eigenvalue weighted by Gasteiger charge is 2.56. The topological polar surface area (TPSA) is 146 Å². The second kappa shape index (κ2) is 20.0. The van der Waals surface area contributed by atoms with Gasteiger partial charge in [0.25, 0.3) is 0 Å². The Labute approximate surface area is 380 Å². The molecule has 3 aromatic rings. The molecule has 1 aromatic carbocycles. The van der Waals surface area contributed by atoms with Crippen molar-refractivity contribution in [1.29, 1.82) is 0 Å². The van der Waals surface area contributed by atoms with E-state index in [2.05, 4.69) is 71.4 Å². The van der Waals surface area contributed by atoms with Crippen molar-refractivity contribution in [2.24, 2.45) is 0 Å². The van der Waals surface area contributed by atoms with Crippen LogP contribution in [0.1, 0.15) is 67.7 Å². The molecule has 3 N–H and O–H groups in total. The number of allylic oxidation sites excluding steroid dienone is 2. The lowest BCUT2D eigenvalue weighted by Gasteiger charge is -2.33. The van der Waals surface area contributed by atoms with E-state index in [0.717, 1.165) is 54.4 Å². The third-order valence-corrected chi connectivity index (χ3v) is 16.0. The molecular weight excluding hydrogens is 1020 g/mol. The first kappa shape index (κ1) is 45.0. The van der Waals surface area contributed by atoms with Gasteiger partial charge in [-0.1, -0.05) is 23.8 Å². The summed E-state index contributed by atoms with van der Waals surface area (Å²) >= 11 is 6.25. The zero-order valence-corrected chi connectivity index (χ0v) is 39.3. The number of aromatic nitrogens is 4. The van der Waals surface area contributed by atoms with Gasteiger partial charge >= 0.3 is 13.0 Å². The van der Waals surface area contributed by atoms with Gasteiger partial charge in [0, 0.05) is 45.7 Å². The maximum Gasteiger partial charge on any atom is 0.737 e. The minimum Gasteiger partial charge on any atom is -0.487 e. The largest absolute Gasteiger partial charge is 0.737 e. The number of urea groups is 1. The van der Waals surface area contributed by atoms with Crippen molar-refractivity contribution in [3.63, 3.8) is 0 Å². The van der Waals surface area contributed by atoms with E-state index in [9.17, 15) is 9.59 Å². The number of nitrogens with zero attached hydrogens (tertiary/aromatic N) is 5. The molecule has 6 heterocycles. The molecule has 20 heteroatoms. The molecule has 2 aromatic heterocycles. The van der Waals surface area contributed by atoms with Gasteiger partial charge in [-0.05, 0) is 108 Å². The number of carbonyl (C=O) groups is 2. The van der Waals surface area contributed by atoms with Crippen molar-refractivity contribution in [1.82, 2.24) is 35.4 Å². The van der Waals surface area contributed by atoms with Gasteiger partial charge in [-0.2, -0.15) is 11.8 Å². The summed E-state index contributed by atoms with van der Waals surface area (Å²) in [7, 11) is 0. The number of amides is 3. The van der Waals surface area contributed by atoms with Crippen LogP contribution in [0.5, 0.6) is 5.75 Å². The van der Waals surface area contributed by atoms with Crippen LogP contribution in [0.25, 0.3) is 5.57 Å². The third kappa shape index (κ3) is 9.77. The Morgan fingerprint density at radius 1 is 1.02 bits per heavy atom. The molecule has 3 amide bonds. The lowest BCUT2D eigenvalue weighted by atomic mass is 9.84. The number of thioether (sulfide) groups is 1. The number of halogens is 4. The van der Waals surface area contributed by atoms with Crippen LogP contribution < -0.4 is 20.7 Å². The molecule has 4 aliphatic rings. The molecular formula is C40H51BF2I2N8O6S. The SMILES string of the molecule is CC1=C(I)C(C)=[N+]2C1=C(c1ccc(OCc3cn(CCOCCOCCOCCNC(=O)CCCCC4SCC5NC(=O)NC54)nn3)cc1)c1c(C)c(I)c(C)n1[B-]2(F)F. The maximum atomic E-state index is 16.3. The quantitative estimate of drug-likeness (QED) is 0.0510. The summed E-state index contributed by atoms with van der Waals surface area (Å²) in [5, 5.41) is 17.7. The summed E-state index contributed by atoms with van der Waals surface area (Å²) in [5.41, 5.74) is 6.24. The van der Waals surface area contributed by atoms with Crippen molar-refractivity contribution in [2.45, 2.75) is 83.9 Å². The van der Waals surface area contributed by atoms with E-state index in [4.69, 9.17) is 18.9 Å². The zero-order valence-electron chi connectivity index (χ0n) is 34.2. The van der Waals surface area contributed by atoms with Crippen molar-refractivity contribution in [3.05, 3.63) is 77.1 Å². The van der Waals surface area contributed by atoms with Gasteiger partial charge in [0.05, 0.1) is 73.6 Å². The van der Waals surface area contributed by atoms with Gasteiger partial charge in [-0.25, -0.2) is 9.48 Å². The number of carbonyl (C=O) groups excluding carboxylic acids is 2. The second-order valence-electron chi connectivity index (χ2n) is 15.3. The smallest absolute Gasteiger partial charge is 0.487 e. The lowest BCUT2D eigenvalue weighted by molar-refractivity contribution is -0.363. The molecule has 3 unspecified atom stereocenters. The molecule has 14 nitrogen and oxygen atoms in total. The normalized spacial score (nSPS) is 20.4. The summed E-state index contributed by atoms with van der Waals surface area (Å²) in [4.78, 5) is 23.7. The second-order valence-corrected chi connectivity index (χ2v) is 18.7. The van der Waals surface area contributed by atoms with E-state index in [1.54, 1.807) is 18.5 Å². The standard InChI is InChI=1S/C40H51BF2I2N8O6S/c1-24-35(44)26(3)52-38(24)34(39-25(2)36(45)27(4)53(39)41(52,42)43)28-9-11-30(12-10-28)59-22-29-21-51(50-49-29)14-16-57-18-20-58-19-17-56-15-13-46-33(54)8-6-5-7-32-37-31(23-60-32)47-40(55)48-37/h9-12,21,31-32,37H,5-8,13-20,22-23H2,1-4H3,(H,46,54)(H2,47,48,55). The number of hydrogen-bond donors (Lipinski definition) is 3. The Bertz CT molecular complexity index is 2180. The summed E-state index contributed by atoms with van der Waals surface area (Å²) in [6.45, 7) is 7.09. The van der Waals surface area contributed by atoms with E-state index in [1.165, 1.54) is 8.96 Å². The molecule has 0 aliphatic carbocycles. The van der Waals surface area contributed by atoms with Gasteiger partial charge in [0.1, 0.15) is 23.8 Å². The van der Waals surface area contributed by atoms with Crippen molar-refractivity contribution in [3.8, 4) is 5.75 Å². The van der Waals surface area contributed by atoms with Crippen LogP contribution in [-0.2, 0) is 32.2 Å². The van der Waals surface area contributed by atoms with Crippen LogP contribution >= 0.6 is 56.9 Å². The predicted molar refractivity (Wildman–Crippen MR) is 244 cm³/mol. The Morgan fingerprint density at radius 2 is 1.73 bits per heavy atom. The van der Waals surface area contributed by atoms with E-state index < -0.39 is 6.97 Å². The van der Waals surface area contributed by atoms with Gasteiger partial charge in [0.15, 0.2) is 5.70 Å². The highest BCUT2D eigenvalue weighted by atomic mass is 127. The molecule has 3 atom stereocenters. The average molecular weight is 1070 g/mol. The van der Waals surface area contributed by atoms with Gasteiger partial charge < -0.3 is 52.5 Å². The minimum atomic E-state index is -4.07. The first-order valence-corrected chi connectivity index (χ1v) is 23.5. The number of ether oxygens (including phenoxy) is 4. The Kier molecular flexibility index (Phi) is 15.0. The fourth-order valence-corrected chi connectivity index (χ4v) is 10.8. The van der Waals surface area contributed by atoms with E-state index in [0.29, 0.717) is 98.6 Å². The fraction of sp³-hybridized carbons (Fsp3) is 0.525. The summed E-state index contributed by atoms with van der Waals surface area (Å²) in [6.07, 6.45) is 5.09. The molecule has 2 saturated heterocycles. The number of fused-ring (bicyclic) bond motifs is 3. The molecule has 0 radical (unpaired) electrons. The maximum absolute atomic E-state index is 16.3. The molecule has 0 saturated carbocycles. The van der Waals surface area contributed by atoms with Crippen LogP contribution in [-0.4, -0.2) is 118 Å². The highest BCUT2D eigenvalue weighted by molar-refractivity contribution is 14.1. The lowest BCUT2D eigenvalue weighted by Crippen LogP contribution is -2.51. The molecule has 4 aliphatic heterocycles. The number of rotatable bonds is 21. The summed E-state index contributed by atoms with van der Waals surface area (Å²) in [6, 6.07) is 7.95. The Morgan fingerprint density at radius 3 is 2.48 bits per heavy atom. The Hall–Kier alpha value is -3.06. The van der Waals surface area contributed by atoms with Gasteiger partial charge in [0.2, 0.25) is 5.91 Å². The molecule has 2 fully saturated rings. The minimum absolute atomic E-state index is 0.0286. The average Bonchev–Trinajstić information content (AvgIpc) is 4.03. The molecule has 324 valence electrons. The van der Waals surface area contributed by atoms with E-state index in [1.807, 2.05) is 56.1 Å². The van der Waals surface area contributed by atoms with Crippen molar-refractivity contribution in [2.75, 3.05) is 51.9 Å². The highest BCUT2D eigenvalue weighted by Crippen LogP contribution is 2.47. The Balaban J connectivity index is 0.751. The van der Waals surface area contributed by atoms with Crippen LogP contribution in [0.4, 0.5) is 13.4 Å². The summed E-state index contributed by atoms with van der Waals surface area (Å²) < 4.78 is 61.3. The van der Waals surface area contributed by atoms with E-state index in [-0.39, 0.29) is 30.6 Å². The van der Waals surface area contributed by atoms with E-state index >= 15 is 8.63 Å². The molecule has 0 spiro atoms. The number of nitrogens with one attached hydrogen (secondary N) is 3. The first-order chi connectivity index (χ1) is 28.9. The number of hydrogen-bond acceptors (Lipinski definition) is 9. The van der Waals surface area contributed by atoms with Crippen LogP contribution in [0.3, 0.4) is 0 Å². The molecule has 0 bridgehead atoms. The van der Waals surface area contributed by atoms with Gasteiger partial charge in [-0.15, -0.1) is 5.10 Å². The van der Waals surface area contributed by atoms with Crippen LogP contribution in [0, 0.1) is 17.4 Å². The first-order valence-electron chi connectivity index (χ1n) is 20.3. The summed E-state index contributed by atoms with van der Waals surface area (Å²) in [5.74, 6) is 1.61. The number of unbranched alkanes of at least 4 members (excludes halogenated alkanes) is 1. The van der Waals surface area contributed by atoms with Crippen LogP contribution in [0.2, 0.25) is 0 Å². The van der Waals surface area contributed by atoms with Crippen molar-refractivity contribution >= 4 is 87.1 Å². The molecule has 60 heavy (non-hydrogen) atoms. The zero-order chi connectivity index (χ0) is 42.6. The third-order valence-electron chi connectivity index (χ3n) is 11.3. The van der Waals surface area contributed by atoms with Crippen molar-refractivity contribution < 1.29 is 41.7 Å². The number of benzene rings is 1.